The standard InChI is InChI=1S/C21H22N6O3/c1-28-17-9-15-16(10-18(17)29-2)24-21(23-12-14-6-4-8-30-14)27-20(15)25-19(26-27)13-5-3-7-22-11-13/h3,5,7,9-11,14H,4,6,8,12H2,1-2H3,(H,23,24)/t14-/m0/s1. The molecule has 1 aliphatic heterocycles. The minimum absolute atomic E-state index is 0.171. The fourth-order valence-electron chi connectivity index (χ4n) is 3.68. The summed E-state index contributed by atoms with van der Waals surface area (Å²) in [5, 5.41) is 8.91. The van der Waals surface area contributed by atoms with E-state index in [0.717, 1.165) is 35.9 Å². The van der Waals surface area contributed by atoms with Gasteiger partial charge in [0.15, 0.2) is 23.0 Å². The van der Waals surface area contributed by atoms with Gasteiger partial charge in [-0.15, -0.1) is 5.10 Å². The van der Waals surface area contributed by atoms with Crippen molar-refractivity contribution in [2.45, 2.75) is 18.9 Å². The highest BCUT2D eigenvalue weighted by Crippen LogP contribution is 2.34. The second-order valence-electron chi connectivity index (χ2n) is 7.09. The van der Waals surface area contributed by atoms with Crippen LogP contribution in [0, 0.1) is 0 Å². The van der Waals surface area contributed by atoms with Crippen LogP contribution >= 0.6 is 0 Å². The Hall–Kier alpha value is -3.46. The van der Waals surface area contributed by atoms with E-state index in [1.54, 1.807) is 31.1 Å². The quantitative estimate of drug-likeness (QED) is 0.522. The summed E-state index contributed by atoms with van der Waals surface area (Å²) in [6, 6.07) is 7.52. The van der Waals surface area contributed by atoms with Crippen molar-refractivity contribution in [2.75, 3.05) is 32.7 Å². The Labute approximate surface area is 173 Å². The Morgan fingerprint density at radius 1 is 1.20 bits per heavy atom. The molecule has 9 heteroatoms. The molecule has 0 aliphatic carbocycles. The van der Waals surface area contributed by atoms with Crippen LogP contribution in [0.25, 0.3) is 27.9 Å². The molecule has 5 rings (SSSR count). The highest BCUT2D eigenvalue weighted by atomic mass is 16.5. The highest BCUT2D eigenvalue weighted by Gasteiger charge is 2.20. The Bertz CT molecular complexity index is 1190. The number of nitrogens with zero attached hydrogens (tertiary/aromatic N) is 5. The lowest BCUT2D eigenvalue weighted by Gasteiger charge is -2.14. The zero-order chi connectivity index (χ0) is 20.5. The maximum Gasteiger partial charge on any atom is 0.226 e. The molecular weight excluding hydrogens is 384 g/mol. The Morgan fingerprint density at radius 2 is 2.07 bits per heavy atom. The van der Waals surface area contributed by atoms with Crippen molar-refractivity contribution < 1.29 is 14.2 Å². The summed E-state index contributed by atoms with van der Waals surface area (Å²) in [5.74, 6) is 2.40. The number of ether oxygens (including phenoxy) is 3. The molecule has 4 heterocycles. The summed E-state index contributed by atoms with van der Waals surface area (Å²) in [6.45, 7) is 1.46. The molecule has 1 fully saturated rings. The minimum Gasteiger partial charge on any atom is -0.493 e. The van der Waals surface area contributed by atoms with Gasteiger partial charge in [0.25, 0.3) is 0 Å². The normalized spacial score (nSPS) is 16.3. The molecule has 9 nitrogen and oxygen atoms in total. The summed E-state index contributed by atoms with van der Waals surface area (Å²) in [7, 11) is 3.22. The summed E-state index contributed by atoms with van der Waals surface area (Å²) >= 11 is 0. The summed E-state index contributed by atoms with van der Waals surface area (Å²) in [5.41, 5.74) is 2.25. The van der Waals surface area contributed by atoms with Crippen molar-refractivity contribution in [3.8, 4) is 22.9 Å². The Balaban J connectivity index is 1.68. The third-order valence-electron chi connectivity index (χ3n) is 5.21. The Kier molecular flexibility index (Phi) is 4.80. The molecule has 0 bridgehead atoms. The molecule has 1 atom stereocenters. The average molecular weight is 406 g/mol. The maximum atomic E-state index is 5.74. The van der Waals surface area contributed by atoms with Crippen LogP contribution < -0.4 is 14.8 Å². The SMILES string of the molecule is COc1cc2nc(NC[C@@H]3CCCO3)n3nc(-c4cccnc4)nc3c2cc1OC. The molecule has 0 unspecified atom stereocenters. The molecule has 1 saturated heterocycles. The molecule has 0 spiro atoms. The van der Waals surface area contributed by atoms with Crippen LogP contribution in [0.2, 0.25) is 0 Å². The van der Waals surface area contributed by atoms with E-state index in [1.165, 1.54) is 0 Å². The molecule has 0 saturated carbocycles. The second kappa shape index (κ2) is 7.75. The van der Waals surface area contributed by atoms with Crippen LogP contribution in [0.1, 0.15) is 12.8 Å². The third kappa shape index (κ3) is 3.26. The number of hydrogen-bond donors (Lipinski definition) is 1. The van der Waals surface area contributed by atoms with Gasteiger partial charge in [-0.05, 0) is 31.0 Å². The van der Waals surface area contributed by atoms with Crippen molar-refractivity contribution >= 4 is 22.5 Å². The molecule has 0 amide bonds. The zero-order valence-corrected chi connectivity index (χ0v) is 16.8. The van der Waals surface area contributed by atoms with E-state index in [-0.39, 0.29) is 6.10 Å². The first-order chi connectivity index (χ1) is 14.8. The number of hydrogen-bond acceptors (Lipinski definition) is 8. The predicted molar refractivity (Wildman–Crippen MR) is 112 cm³/mol. The smallest absolute Gasteiger partial charge is 0.226 e. The van der Waals surface area contributed by atoms with E-state index in [4.69, 9.17) is 29.3 Å². The largest absolute Gasteiger partial charge is 0.493 e. The number of aromatic nitrogens is 5. The van der Waals surface area contributed by atoms with E-state index in [9.17, 15) is 0 Å². The summed E-state index contributed by atoms with van der Waals surface area (Å²) in [4.78, 5) is 13.8. The van der Waals surface area contributed by atoms with E-state index >= 15 is 0 Å². The van der Waals surface area contributed by atoms with Gasteiger partial charge in [0.05, 0.1) is 25.8 Å². The molecule has 1 aromatic carbocycles. The second-order valence-corrected chi connectivity index (χ2v) is 7.09. The molecule has 0 radical (unpaired) electrons. The molecular formula is C21H22N6O3. The van der Waals surface area contributed by atoms with Gasteiger partial charge in [0, 0.05) is 42.6 Å². The van der Waals surface area contributed by atoms with Gasteiger partial charge in [-0.1, -0.05) is 0 Å². The lowest BCUT2D eigenvalue weighted by Crippen LogP contribution is -2.20. The zero-order valence-electron chi connectivity index (χ0n) is 16.8. The number of benzene rings is 1. The molecule has 1 aliphatic rings. The first-order valence-electron chi connectivity index (χ1n) is 9.85. The van der Waals surface area contributed by atoms with E-state index < -0.39 is 0 Å². The van der Waals surface area contributed by atoms with Crippen LogP contribution in [0.15, 0.2) is 36.7 Å². The highest BCUT2D eigenvalue weighted by molar-refractivity contribution is 5.95. The molecule has 3 aromatic heterocycles. The first kappa shape index (κ1) is 18.6. The van der Waals surface area contributed by atoms with Gasteiger partial charge in [0.2, 0.25) is 5.95 Å². The van der Waals surface area contributed by atoms with E-state index in [1.807, 2.05) is 24.3 Å². The summed E-state index contributed by atoms with van der Waals surface area (Å²) in [6.07, 6.45) is 5.75. The van der Waals surface area contributed by atoms with Gasteiger partial charge >= 0.3 is 0 Å². The molecule has 4 aromatic rings. The average Bonchev–Trinajstić information content (AvgIpc) is 3.47. The monoisotopic (exact) mass is 406 g/mol. The van der Waals surface area contributed by atoms with Gasteiger partial charge in [-0.25, -0.2) is 9.97 Å². The fourth-order valence-corrected chi connectivity index (χ4v) is 3.68. The minimum atomic E-state index is 0.171. The number of pyridine rings is 1. The lowest BCUT2D eigenvalue weighted by atomic mass is 10.2. The van der Waals surface area contributed by atoms with Crippen LogP contribution in [0.4, 0.5) is 5.95 Å². The molecule has 154 valence electrons. The van der Waals surface area contributed by atoms with Crippen LogP contribution in [0.5, 0.6) is 11.5 Å². The van der Waals surface area contributed by atoms with Crippen molar-refractivity contribution in [1.29, 1.82) is 0 Å². The topological polar surface area (TPSA) is 95.7 Å². The van der Waals surface area contributed by atoms with Gasteiger partial charge in [-0.3, -0.25) is 4.98 Å². The van der Waals surface area contributed by atoms with E-state index in [2.05, 4.69) is 10.3 Å². The number of methoxy groups -OCH3 is 2. The number of anilines is 1. The number of nitrogens with one attached hydrogen (secondary N) is 1. The number of fused-ring (bicyclic) bond motifs is 3. The van der Waals surface area contributed by atoms with Crippen molar-refractivity contribution in [1.82, 2.24) is 24.6 Å². The Morgan fingerprint density at radius 3 is 2.80 bits per heavy atom. The molecule has 30 heavy (non-hydrogen) atoms. The van der Waals surface area contributed by atoms with Gasteiger partial charge < -0.3 is 19.5 Å². The molecule has 1 N–H and O–H groups in total. The predicted octanol–water partition coefficient (Wildman–Crippen LogP) is 2.95. The van der Waals surface area contributed by atoms with E-state index in [0.29, 0.717) is 35.5 Å². The summed E-state index contributed by atoms with van der Waals surface area (Å²) < 4.78 is 18.4. The van der Waals surface area contributed by atoms with Gasteiger partial charge in [0.1, 0.15) is 0 Å². The maximum absolute atomic E-state index is 5.74. The van der Waals surface area contributed by atoms with Crippen LogP contribution in [0.3, 0.4) is 0 Å². The first-order valence-corrected chi connectivity index (χ1v) is 9.85. The fraction of sp³-hybridized carbons (Fsp3) is 0.333. The third-order valence-corrected chi connectivity index (χ3v) is 5.21. The number of rotatable bonds is 6. The van der Waals surface area contributed by atoms with Crippen molar-refractivity contribution in [3.63, 3.8) is 0 Å². The van der Waals surface area contributed by atoms with Gasteiger partial charge in [-0.2, -0.15) is 4.52 Å². The lowest BCUT2D eigenvalue weighted by molar-refractivity contribution is 0.120. The van der Waals surface area contributed by atoms with Crippen molar-refractivity contribution in [3.05, 3.63) is 36.7 Å². The van der Waals surface area contributed by atoms with Crippen molar-refractivity contribution in [2.24, 2.45) is 0 Å². The van der Waals surface area contributed by atoms with Crippen LogP contribution in [-0.4, -0.2) is 58.0 Å². The van der Waals surface area contributed by atoms with Crippen LogP contribution in [-0.2, 0) is 4.74 Å².